The number of piperidine rings is 1. The summed E-state index contributed by atoms with van der Waals surface area (Å²) < 4.78 is 4.93. The maximum Gasteiger partial charge on any atom is 0.310 e. The van der Waals surface area contributed by atoms with Gasteiger partial charge in [0.1, 0.15) is 0 Å². The van der Waals surface area contributed by atoms with Crippen LogP contribution in [0.1, 0.15) is 19.8 Å². The predicted molar refractivity (Wildman–Crippen MR) is 62.2 cm³/mol. The lowest BCUT2D eigenvalue weighted by Crippen LogP contribution is -2.45. The van der Waals surface area contributed by atoms with Crippen molar-refractivity contribution in [1.29, 1.82) is 0 Å². The molecular formula is C10H19ClN2O3. The number of halogens is 1. The Hall–Kier alpha value is -0.810. The van der Waals surface area contributed by atoms with Crippen LogP contribution >= 0.6 is 12.4 Å². The summed E-state index contributed by atoms with van der Waals surface area (Å²) in [5, 5.41) is 0. The molecule has 0 saturated carbocycles. The van der Waals surface area contributed by atoms with Crippen molar-refractivity contribution in [1.82, 2.24) is 4.90 Å². The number of nitrogens with zero attached hydrogens (tertiary/aromatic N) is 1. The topological polar surface area (TPSA) is 72.6 Å². The molecule has 0 bridgehead atoms. The fourth-order valence-electron chi connectivity index (χ4n) is 1.79. The molecule has 0 aromatic rings. The molecular weight excluding hydrogens is 232 g/mol. The van der Waals surface area contributed by atoms with Crippen molar-refractivity contribution >= 4 is 24.3 Å². The zero-order chi connectivity index (χ0) is 11.3. The molecule has 0 radical (unpaired) electrons. The molecule has 5 nitrogen and oxygen atoms in total. The minimum absolute atomic E-state index is 0. The smallest absolute Gasteiger partial charge is 0.310 e. The third kappa shape index (κ3) is 3.98. The molecule has 1 amide bonds. The average Bonchev–Trinajstić information content (AvgIpc) is 2.28. The quantitative estimate of drug-likeness (QED) is 0.725. The third-order valence-corrected chi connectivity index (χ3v) is 2.57. The predicted octanol–water partition coefficient (Wildman–Crippen LogP) is 0.169. The lowest BCUT2D eigenvalue weighted by Gasteiger charge is -2.31. The van der Waals surface area contributed by atoms with Crippen molar-refractivity contribution in [2.45, 2.75) is 19.8 Å². The Morgan fingerprint density at radius 3 is 2.75 bits per heavy atom. The number of nitrogens with two attached hydrogens (primary N) is 1. The molecule has 0 aromatic heterocycles. The van der Waals surface area contributed by atoms with Crippen LogP contribution in [0.2, 0.25) is 0 Å². The number of hydrogen-bond donors (Lipinski definition) is 1. The Balaban J connectivity index is 0.00000225. The average molecular weight is 251 g/mol. The minimum Gasteiger partial charge on any atom is -0.466 e. The molecule has 1 aliphatic rings. The number of esters is 1. The van der Waals surface area contributed by atoms with Crippen molar-refractivity contribution in [3.63, 3.8) is 0 Å². The van der Waals surface area contributed by atoms with Crippen LogP contribution in [-0.4, -0.2) is 43.0 Å². The highest BCUT2D eigenvalue weighted by atomic mass is 35.5. The highest BCUT2D eigenvalue weighted by Crippen LogP contribution is 2.17. The summed E-state index contributed by atoms with van der Waals surface area (Å²) in [6.07, 6.45) is 1.64. The van der Waals surface area contributed by atoms with Crippen molar-refractivity contribution in [2.24, 2.45) is 11.7 Å². The highest BCUT2D eigenvalue weighted by molar-refractivity contribution is 5.85. The van der Waals surface area contributed by atoms with Gasteiger partial charge in [0.15, 0.2) is 0 Å². The van der Waals surface area contributed by atoms with E-state index >= 15 is 0 Å². The maximum atomic E-state index is 11.5. The van der Waals surface area contributed by atoms with Gasteiger partial charge in [0, 0.05) is 13.1 Å². The molecule has 0 spiro atoms. The number of ether oxygens (including phenoxy) is 1. The van der Waals surface area contributed by atoms with Gasteiger partial charge < -0.3 is 15.4 Å². The molecule has 2 N–H and O–H groups in total. The largest absolute Gasteiger partial charge is 0.466 e. The van der Waals surface area contributed by atoms with E-state index < -0.39 is 0 Å². The Bertz CT molecular complexity index is 248. The normalized spacial score (nSPS) is 19.9. The van der Waals surface area contributed by atoms with Gasteiger partial charge in [-0.05, 0) is 19.8 Å². The van der Waals surface area contributed by atoms with Gasteiger partial charge in [-0.15, -0.1) is 12.4 Å². The zero-order valence-electron chi connectivity index (χ0n) is 9.48. The highest BCUT2D eigenvalue weighted by Gasteiger charge is 2.28. The molecule has 16 heavy (non-hydrogen) atoms. The lowest BCUT2D eigenvalue weighted by atomic mass is 9.98. The van der Waals surface area contributed by atoms with E-state index in [-0.39, 0.29) is 36.7 Å². The van der Waals surface area contributed by atoms with Gasteiger partial charge in [0.05, 0.1) is 19.1 Å². The van der Waals surface area contributed by atoms with Crippen LogP contribution in [0.3, 0.4) is 0 Å². The van der Waals surface area contributed by atoms with Crippen LogP contribution in [0.25, 0.3) is 0 Å². The molecule has 1 aliphatic heterocycles. The maximum absolute atomic E-state index is 11.5. The molecule has 1 saturated heterocycles. The first-order chi connectivity index (χ1) is 7.19. The van der Waals surface area contributed by atoms with E-state index in [9.17, 15) is 9.59 Å². The van der Waals surface area contributed by atoms with Crippen molar-refractivity contribution in [2.75, 3.05) is 26.2 Å². The van der Waals surface area contributed by atoms with E-state index in [0.717, 1.165) is 12.8 Å². The lowest BCUT2D eigenvalue weighted by molar-refractivity contribution is -0.151. The summed E-state index contributed by atoms with van der Waals surface area (Å²) in [5.74, 6) is -0.467. The molecule has 1 fully saturated rings. The number of likely N-dealkylation sites (tertiary alicyclic amines) is 1. The van der Waals surface area contributed by atoms with Crippen LogP contribution in [0.4, 0.5) is 0 Å². The van der Waals surface area contributed by atoms with Crippen molar-refractivity contribution in [3.8, 4) is 0 Å². The Labute approximate surface area is 102 Å². The Morgan fingerprint density at radius 2 is 2.19 bits per heavy atom. The monoisotopic (exact) mass is 250 g/mol. The minimum atomic E-state index is -0.202. The molecule has 1 rings (SSSR count). The molecule has 6 heteroatoms. The van der Waals surface area contributed by atoms with Gasteiger partial charge in [0.25, 0.3) is 0 Å². The van der Waals surface area contributed by atoms with Crippen molar-refractivity contribution in [3.05, 3.63) is 0 Å². The first kappa shape index (κ1) is 15.2. The summed E-state index contributed by atoms with van der Waals surface area (Å²) in [4.78, 5) is 24.4. The third-order valence-electron chi connectivity index (χ3n) is 2.57. The van der Waals surface area contributed by atoms with Gasteiger partial charge >= 0.3 is 5.97 Å². The number of carbonyl (C=O) groups excluding carboxylic acids is 2. The second-order valence-corrected chi connectivity index (χ2v) is 3.64. The molecule has 0 aromatic carbocycles. The van der Waals surface area contributed by atoms with Crippen LogP contribution in [0, 0.1) is 5.92 Å². The summed E-state index contributed by atoms with van der Waals surface area (Å²) in [6.45, 7) is 3.33. The second kappa shape index (κ2) is 7.46. The SMILES string of the molecule is CCOC(=O)C1CCCN(C(=O)CN)C1.Cl. The second-order valence-electron chi connectivity index (χ2n) is 3.64. The van der Waals surface area contributed by atoms with Gasteiger partial charge in [0.2, 0.25) is 5.91 Å². The fraction of sp³-hybridized carbons (Fsp3) is 0.800. The van der Waals surface area contributed by atoms with Crippen LogP contribution in [-0.2, 0) is 14.3 Å². The first-order valence-electron chi connectivity index (χ1n) is 5.33. The number of rotatable bonds is 3. The fourth-order valence-corrected chi connectivity index (χ4v) is 1.79. The first-order valence-corrected chi connectivity index (χ1v) is 5.33. The molecule has 0 aliphatic carbocycles. The number of carbonyl (C=O) groups is 2. The Morgan fingerprint density at radius 1 is 1.50 bits per heavy atom. The van der Waals surface area contributed by atoms with E-state index in [4.69, 9.17) is 10.5 Å². The van der Waals surface area contributed by atoms with Crippen LogP contribution in [0.15, 0.2) is 0 Å². The van der Waals surface area contributed by atoms with E-state index in [1.165, 1.54) is 0 Å². The van der Waals surface area contributed by atoms with Gasteiger partial charge in [-0.25, -0.2) is 0 Å². The van der Waals surface area contributed by atoms with Crippen LogP contribution < -0.4 is 5.73 Å². The van der Waals surface area contributed by atoms with E-state index in [1.54, 1.807) is 11.8 Å². The standard InChI is InChI=1S/C10H18N2O3.ClH/c1-2-15-10(14)8-4-3-5-12(7-8)9(13)6-11;/h8H,2-7,11H2,1H3;1H. The summed E-state index contributed by atoms with van der Waals surface area (Å²) in [5.41, 5.74) is 5.28. The van der Waals surface area contributed by atoms with Gasteiger partial charge in [-0.1, -0.05) is 0 Å². The summed E-state index contributed by atoms with van der Waals surface area (Å²) in [6, 6.07) is 0. The molecule has 1 heterocycles. The summed E-state index contributed by atoms with van der Waals surface area (Å²) in [7, 11) is 0. The Kier molecular flexibility index (Phi) is 7.08. The molecule has 94 valence electrons. The van der Waals surface area contributed by atoms with Gasteiger partial charge in [-0.2, -0.15) is 0 Å². The van der Waals surface area contributed by atoms with Crippen LogP contribution in [0.5, 0.6) is 0 Å². The summed E-state index contributed by atoms with van der Waals surface area (Å²) >= 11 is 0. The van der Waals surface area contributed by atoms with Crippen molar-refractivity contribution < 1.29 is 14.3 Å². The zero-order valence-corrected chi connectivity index (χ0v) is 10.3. The van der Waals surface area contributed by atoms with E-state index in [0.29, 0.717) is 19.7 Å². The number of amides is 1. The van der Waals surface area contributed by atoms with E-state index in [1.807, 2.05) is 0 Å². The van der Waals surface area contributed by atoms with Gasteiger partial charge in [-0.3, -0.25) is 9.59 Å². The number of hydrogen-bond acceptors (Lipinski definition) is 4. The van der Waals surface area contributed by atoms with E-state index in [2.05, 4.69) is 0 Å². The molecule has 1 atom stereocenters. The molecule has 1 unspecified atom stereocenters.